The highest BCUT2D eigenvalue weighted by Gasteiger charge is 2.25. The first-order chi connectivity index (χ1) is 15.1. The van der Waals surface area contributed by atoms with Gasteiger partial charge in [0.2, 0.25) is 5.95 Å². The van der Waals surface area contributed by atoms with Gasteiger partial charge in [-0.05, 0) is 48.7 Å². The maximum absolute atomic E-state index is 12.7. The molecule has 0 bridgehead atoms. The van der Waals surface area contributed by atoms with Crippen LogP contribution in [0.1, 0.15) is 28.8 Å². The Balaban J connectivity index is 1.61. The number of rotatable bonds is 9. The average molecular weight is 413 g/mol. The van der Waals surface area contributed by atoms with E-state index in [1.165, 1.54) is 12.3 Å². The lowest BCUT2D eigenvalue weighted by Crippen LogP contribution is -2.26. The van der Waals surface area contributed by atoms with Gasteiger partial charge in [-0.2, -0.15) is 4.98 Å². The van der Waals surface area contributed by atoms with Crippen molar-refractivity contribution in [1.82, 2.24) is 15.3 Å². The summed E-state index contributed by atoms with van der Waals surface area (Å²) in [6, 6.07) is 17.2. The maximum Gasteiger partial charge on any atom is 0.256 e. The summed E-state index contributed by atoms with van der Waals surface area (Å²) in [4.78, 5) is 33.3. The molecule has 4 rings (SSSR count). The summed E-state index contributed by atoms with van der Waals surface area (Å²) in [6.45, 7) is 3.52. The Kier molecular flexibility index (Phi) is 6.03. The van der Waals surface area contributed by atoms with Crippen molar-refractivity contribution in [2.75, 3.05) is 10.6 Å². The molecular formula is C24H23N5O2. The number of anilines is 4. The van der Waals surface area contributed by atoms with Crippen LogP contribution in [0.4, 0.5) is 23.1 Å². The van der Waals surface area contributed by atoms with Gasteiger partial charge in [0, 0.05) is 30.0 Å². The zero-order valence-corrected chi connectivity index (χ0v) is 17.0. The molecule has 2 aromatic carbocycles. The molecule has 31 heavy (non-hydrogen) atoms. The van der Waals surface area contributed by atoms with Crippen molar-refractivity contribution < 1.29 is 9.59 Å². The highest BCUT2D eigenvalue weighted by Crippen LogP contribution is 2.24. The van der Waals surface area contributed by atoms with Crippen molar-refractivity contribution in [2.45, 2.75) is 25.3 Å². The molecule has 0 saturated heterocycles. The molecule has 0 unspecified atom stereocenters. The van der Waals surface area contributed by atoms with Crippen LogP contribution < -0.4 is 16.0 Å². The molecule has 1 aliphatic carbocycles. The van der Waals surface area contributed by atoms with E-state index in [0.29, 0.717) is 17.3 Å². The van der Waals surface area contributed by atoms with Crippen molar-refractivity contribution in [1.29, 1.82) is 0 Å². The van der Waals surface area contributed by atoms with Crippen LogP contribution in [-0.4, -0.2) is 27.7 Å². The Bertz CT molecular complexity index is 1110. The van der Waals surface area contributed by atoms with Gasteiger partial charge in [0.05, 0.1) is 0 Å². The van der Waals surface area contributed by atoms with E-state index in [-0.39, 0.29) is 24.2 Å². The molecule has 0 atom stereocenters. The number of carbonyl (C=O) groups excluding carboxylic acids is 2. The lowest BCUT2D eigenvalue weighted by molar-refractivity contribution is -0.114. The van der Waals surface area contributed by atoms with Crippen molar-refractivity contribution in [3.8, 4) is 0 Å². The van der Waals surface area contributed by atoms with Crippen LogP contribution in [-0.2, 0) is 11.2 Å². The molecule has 0 aliphatic heterocycles. The quantitative estimate of drug-likeness (QED) is 0.456. The summed E-state index contributed by atoms with van der Waals surface area (Å²) in [5.41, 5.74) is 2.77. The van der Waals surface area contributed by atoms with Crippen molar-refractivity contribution in [3.63, 3.8) is 0 Å². The number of amides is 1. The summed E-state index contributed by atoms with van der Waals surface area (Å²) in [6.07, 6.45) is 5.07. The minimum atomic E-state index is -0.214. The molecule has 1 fully saturated rings. The van der Waals surface area contributed by atoms with E-state index >= 15 is 0 Å². The summed E-state index contributed by atoms with van der Waals surface area (Å²) >= 11 is 0. The number of hydrogen-bond acceptors (Lipinski definition) is 6. The minimum Gasteiger partial charge on any atom is -0.349 e. The Morgan fingerprint density at radius 3 is 2.55 bits per heavy atom. The number of ketones is 1. The van der Waals surface area contributed by atoms with Crippen LogP contribution in [0.25, 0.3) is 0 Å². The first-order valence-corrected chi connectivity index (χ1v) is 10.1. The number of benzene rings is 2. The minimum absolute atomic E-state index is 0.0574. The molecule has 7 nitrogen and oxygen atoms in total. The lowest BCUT2D eigenvalue weighted by Gasteiger charge is -2.14. The standard InChI is InChI=1S/C24H23N5O2/c1-2-20(30)14-16-7-6-10-19(13-16)26-22-21(23(31)27-18-11-12-18)15-25-24(29-22)28-17-8-4-3-5-9-17/h2-10,13,15,18H,1,11-12,14H2,(H,27,31)(H2,25,26,28,29). The molecule has 3 aromatic rings. The molecule has 3 N–H and O–H groups in total. The summed E-state index contributed by atoms with van der Waals surface area (Å²) in [5, 5.41) is 9.34. The second-order valence-electron chi connectivity index (χ2n) is 7.37. The van der Waals surface area contributed by atoms with E-state index in [1.807, 2.05) is 54.6 Å². The molecule has 156 valence electrons. The van der Waals surface area contributed by atoms with Gasteiger partial charge in [-0.1, -0.05) is 36.9 Å². The fourth-order valence-corrected chi connectivity index (χ4v) is 3.01. The predicted molar refractivity (Wildman–Crippen MR) is 121 cm³/mol. The number of para-hydroxylation sites is 1. The SMILES string of the molecule is C=CC(=O)Cc1cccc(Nc2nc(Nc3ccccc3)ncc2C(=O)NC2CC2)c1. The second kappa shape index (κ2) is 9.21. The Morgan fingerprint density at radius 1 is 1.03 bits per heavy atom. The molecule has 1 heterocycles. The fraction of sp³-hybridized carbons (Fsp3) is 0.167. The van der Waals surface area contributed by atoms with Gasteiger partial charge in [0.1, 0.15) is 11.4 Å². The highest BCUT2D eigenvalue weighted by atomic mass is 16.1. The van der Waals surface area contributed by atoms with E-state index in [4.69, 9.17) is 0 Å². The van der Waals surface area contributed by atoms with Crippen LogP contribution in [0, 0.1) is 0 Å². The molecular weight excluding hydrogens is 390 g/mol. The Morgan fingerprint density at radius 2 is 1.81 bits per heavy atom. The second-order valence-corrected chi connectivity index (χ2v) is 7.37. The summed E-state index contributed by atoms with van der Waals surface area (Å²) in [7, 11) is 0. The summed E-state index contributed by atoms with van der Waals surface area (Å²) in [5.74, 6) is 0.487. The number of allylic oxidation sites excluding steroid dienone is 1. The van der Waals surface area contributed by atoms with Crippen LogP contribution in [0.15, 0.2) is 73.4 Å². The van der Waals surface area contributed by atoms with Crippen molar-refractivity contribution in [2.24, 2.45) is 0 Å². The van der Waals surface area contributed by atoms with Crippen LogP contribution in [0.5, 0.6) is 0 Å². The number of nitrogens with zero attached hydrogens (tertiary/aromatic N) is 2. The number of carbonyl (C=O) groups is 2. The first kappa shape index (κ1) is 20.3. The van der Waals surface area contributed by atoms with Crippen LogP contribution in [0.3, 0.4) is 0 Å². The molecule has 1 saturated carbocycles. The fourth-order valence-electron chi connectivity index (χ4n) is 3.01. The van der Waals surface area contributed by atoms with Gasteiger partial charge in [0.15, 0.2) is 5.78 Å². The normalized spacial score (nSPS) is 12.6. The predicted octanol–water partition coefficient (Wildman–Crippen LogP) is 4.15. The van der Waals surface area contributed by atoms with Crippen LogP contribution >= 0.6 is 0 Å². The lowest BCUT2D eigenvalue weighted by atomic mass is 10.1. The van der Waals surface area contributed by atoms with E-state index < -0.39 is 0 Å². The topological polar surface area (TPSA) is 96.0 Å². The Labute approximate surface area is 180 Å². The van der Waals surface area contributed by atoms with Gasteiger partial charge in [-0.15, -0.1) is 0 Å². The highest BCUT2D eigenvalue weighted by molar-refractivity contribution is 5.99. The maximum atomic E-state index is 12.7. The zero-order chi connectivity index (χ0) is 21.6. The van der Waals surface area contributed by atoms with E-state index in [0.717, 1.165) is 29.8 Å². The third-order valence-electron chi connectivity index (χ3n) is 4.77. The summed E-state index contributed by atoms with van der Waals surface area (Å²) < 4.78 is 0. The molecule has 1 aromatic heterocycles. The number of hydrogen-bond donors (Lipinski definition) is 3. The Hall–Kier alpha value is -4.00. The van der Waals surface area contributed by atoms with E-state index in [1.54, 1.807) is 0 Å². The van der Waals surface area contributed by atoms with Gasteiger partial charge >= 0.3 is 0 Å². The molecule has 7 heteroatoms. The number of nitrogens with one attached hydrogen (secondary N) is 3. The third kappa shape index (κ3) is 5.54. The average Bonchev–Trinajstić information content (AvgIpc) is 3.59. The largest absolute Gasteiger partial charge is 0.349 e. The van der Waals surface area contributed by atoms with Gasteiger partial charge in [-0.25, -0.2) is 4.98 Å². The van der Waals surface area contributed by atoms with Gasteiger partial charge in [0.25, 0.3) is 5.91 Å². The first-order valence-electron chi connectivity index (χ1n) is 10.1. The van der Waals surface area contributed by atoms with Crippen LogP contribution in [0.2, 0.25) is 0 Å². The number of aromatic nitrogens is 2. The molecule has 1 amide bonds. The van der Waals surface area contributed by atoms with E-state index in [9.17, 15) is 9.59 Å². The third-order valence-corrected chi connectivity index (χ3v) is 4.77. The molecule has 0 spiro atoms. The van der Waals surface area contributed by atoms with E-state index in [2.05, 4.69) is 32.5 Å². The van der Waals surface area contributed by atoms with Crippen molar-refractivity contribution in [3.05, 3.63) is 84.6 Å². The monoisotopic (exact) mass is 413 g/mol. The molecule has 1 aliphatic rings. The van der Waals surface area contributed by atoms with Gasteiger partial charge < -0.3 is 16.0 Å². The molecule has 0 radical (unpaired) electrons. The van der Waals surface area contributed by atoms with Gasteiger partial charge in [-0.3, -0.25) is 9.59 Å². The zero-order valence-electron chi connectivity index (χ0n) is 17.0. The van der Waals surface area contributed by atoms with Crippen molar-refractivity contribution >= 4 is 34.8 Å². The smallest absolute Gasteiger partial charge is 0.256 e.